The molecule has 0 aromatic carbocycles. The Hall–Kier alpha value is -1.52. The van der Waals surface area contributed by atoms with Crippen LogP contribution in [0.5, 0.6) is 0 Å². The number of rotatable bonds is 2. The molecule has 1 aromatic heterocycles. The predicted octanol–water partition coefficient (Wildman–Crippen LogP) is 1.02. The van der Waals surface area contributed by atoms with Gasteiger partial charge in [0, 0.05) is 18.7 Å². The second-order valence-corrected chi connectivity index (χ2v) is 3.91. The maximum absolute atomic E-state index is 5.66. The zero-order valence-corrected chi connectivity index (χ0v) is 8.98. The van der Waals surface area contributed by atoms with Crippen molar-refractivity contribution in [1.29, 1.82) is 0 Å². The molecule has 1 unspecified atom stereocenters. The first-order valence-electron chi connectivity index (χ1n) is 5.37. The summed E-state index contributed by atoms with van der Waals surface area (Å²) in [6, 6.07) is 2.36. The van der Waals surface area contributed by atoms with Crippen LogP contribution in [-0.2, 0) is 0 Å². The van der Waals surface area contributed by atoms with E-state index in [1.54, 1.807) is 6.07 Å². The first-order chi connectivity index (χ1) is 7.20. The Kier molecular flexibility index (Phi) is 2.62. The number of nitrogen functional groups attached to an aromatic ring is 2. The van der Waals surface area contributed by atoms with Gasteiger partial charge in [0.1, 0.15) is 11.6 Å². The van der Waals surface area contributed by atoms with E-state index in [0.717, 1.165) is 18.8 Å². The molecule has 0 saturated carbocycles. The van der Waals surface area contributed by atoms with E-state index < -0.39 is 0 Å². The Morgan fingerprint density at radius 1 is 1.47 bits per heavy atom. The van der Waals surface area contributed by atoms with Crippen LogP contribution < -0.4 is 16.4 Å². The fourth-order valence-electron chi connectivity index (χ4n) is 2.18. The molecular formula is C10H17N5. The Balaban J connectivity index is 2.28. The lowest BCUT2D eigenvalue weighted by atomic mass is 10.2. The molecule has 1 aromatic rings. The quantitative estimate of drug-likeness (QED) is 0.756. The van der Waals surface area contributed by atoms with Crippen molar-refractivity contribution in [2.45, 2.75) is 32.2 Å². The average molecular weight is 207 g/mol. The van der Waals surface area contributed by atoms with Crippen molar-refractivity contribution in [2.24, 2.45) is 0 Å². The highest BCUT2D eigenvalue weighted by atomic mass is 15.2. The van der Waals surface area contributed by atoms with E-state index in [0.29, 0.717) is 11.9 Å². The summed E-state index contributed by atoms with van der Waals surface area (Å²) in [6.45, 7) is 3.23. The summed E-state index contributed by atoms with van der Waals surface area (Å²) in [5, 5.41) is 0. The Labute approximate surface area is 89.5 Å². The van der Waals surface area contributed by atoms with Gasteiger partial charge in [-0.2, -0.15) is 9.97 Å². The van der Waals surface area contributed by atoms with Gasteiger partial charge in [-0.15, -0.1) is 0 Å². The maximum Gasteiger partial charge on any atom is 0.223 e. The molecule has 1 atom stereocenters. The fraction of sp³-hybridized carbons (Fsp3) is 0.600. The van der Waals surface area contributed by atoms with E-state index in [1.165, 1.54) is 12.8 Å². The minimum Gasteiger partial charge on any atom is -0.383 e. The van der Waals surface area contributed by atoms with Crippen LogP contribution in [0.15, 0.2) is 6.07 Å². The van der Waals surface area contributed by atoms with Gasteiger partial charge in [-0.05, 0) is 19.3 Å². The fourth-order valence-corrected chi connectivity index (χ4v) is 2.18. The molecule has 0 spiro atoms. The van der Waals surface area contributed by atoms with Crippen LogP contribution in [0.2, 0.25) is 0 Å². The number of aromatic nitrogens is 2. The molecule has 1 aliphatic rings. The molecule has 0 bridgehead atoms. The lowest BCUT2D eigenvalue weighted by Gasteiger charge is -2.24. The zero-order chi connectivity index (χ0) is 10.8. The minimum absolute atomic E-state index is 0.256. The third-order valence-electron chi connectivity index (χ3n) is 2.89. The molecule has 0 aliphatic carbocycles. The number of hydrogen-bond acceptors (Lipinski definition) is 5. The summed E-state index contributed by atoms with van der Waals surface area (Å²) in [7, 11) is 0. The highest BCUT2D eigenvalue weighted by molar-refractivity contribution is 5.51. The normalized spacial score (nSPS) is 20.9. The lowest BCUT2D eigenvalue weighted by molar-refractivity contribution is 0.640. The molecule has 0 radical (unpaired) electrons. The third kappa shape index (κ3) is 1.95. The van der Waals surface area contributed by atoms with Crippen LogP contribution in [0.3, 0.4) is 0 Å². The van der Waals surface area contributed by atoms with Gasteiger partial charge in [0.15, 0.2) is 0 Å². The summed E-state index contributed by atoms with van der Waals surface area (Å²) in [4.78, 5) is 10.4. The van der Waals surface area contributed by atoms with Crippen molar-refractivity contribution >= 4 is 17.6 Å². The molecule has 0 amide bonds. The summed E-state index contributed by atoms with van der Waals surface area (Å²) in [5.74, 6) is 1.57. The summed E-state index contributed by atoms with van der Waals surface area (Å²) in [6.07, 6.45) is 3.56. The standard InChI is InChI=1S/C10H17N5/c1-2-7-4-3-5-15(7)9-6-8(11)13-10(12)14-9/h6-7H,2-5H2,1H3,(H4,11,12,13,14). The molecule has 5 nitrogen and oxygen atoms in total. The highest BCUT2D eigenvalue weighted by Crippen LogP contribution is 2.26. The van der Waals surface area contributed by atoms with Crippen LogP contribution >= 0.6 is 0 Å². The van der Waals surface area contributed by atoms with Crippen molar-refractivity contribution in [3.05, 3.63) is 6.07 Å². The van der Waals surface area contributed by atoms with Gasteiger partial charge in [0.25, 0.3) is 0 Å². The van der Waals surface area contributed by atoms with E-state index >= 15 is 0 Å². The van der Waals surface area contributed by atoms with E-state index in [2.05, 4.69) is 21.8 Å². The molecule has 82 valence electrons. The van der Waals surface area contributed by atoms with Crippen molar-refractivity contribution in [3.8, 4) is 0 Å². The zero-order valence-electron chi connectivity index (χ0n) is 8.98. The largest absolute Gasteiger partial charge is 0.383 e. The van der Waals surface area contributed by atoms with Gasteiger partial charge in [-0.3, -0.25) is 0 Å². The van der Waals surface area contributed by atoms with Gasteiger partial charge >= 0.3 is 0 Å². The van der Waals surface area contributed by atoms with Crippen molar-refractivity contribution < 1.29 is 0 Å². The summed E-state index contributed by atoms with van der Waals surface area (Å²) >= 11 is 0. The first-order valence-corrected chi connectivity index (χ1v) is 5.37. The van der Waals surface area contributed by atoms with Crippen LogP contribution in [0, 0.1) is 0 Å². The minimum atomic E-state index is 0.256. The monoisotopic (exact) mass is 207 g/mol. The topological polar surface area (TPSA) is 81.1 Å². The van der Waals surface area contributed by atoms with Gasteiger partial charge in [0.2, 0.25) is 5.95 Å². The molecule has 4 N–H and O–H groups in total. The number of nitrogens with zero attached hydrogens (tertiary/aromatic N) is 3. The third-order valence-corrected chi connectivity index (χ3v) is 2.89. The van der Waals surface area contributed by atoms with Gasteiger partial charge < -0.3 is 16.4 Å². The molecule has 15 heavy (non-hydrogen) atoms. The van der Waals surface area contributed by atoms with E-state index in [9.17, 15) is 0 Å². The van der Waals surface area contributed by atoms with E-state index in [-0.39, 0.29) is 5.95 Å². The Morgan fingerprint density at radius 3 is 2.93 bits per heavy atom. The summed E-state index contributed by atoms with van der Waals surface area (Å²) in [5.41, 5.74) is 11.2. The molecular weight excluding hydrogens is 190 g/mol. The highest BCUT2D eigenvalue weighted by Gasteiger charge is 2.24. The van der Waals surface area contributed by atoms with Crippen LogP contribution in [0.25, 0.3) is 0 Å². The van der Waals surface area contributed by atoms with Gasteiger partial charge in [-0.25, -0.2) is 0 Å². The average Bonchev–Trinajstić information content (AvgIpc) is 2.63. The first kappa shape index (κ1) is 10.0. The Bertz CT molecular complexity index is 331. The van der Waals surface area contributed by atoms with E-state index in [4.69, 9.17) is 11.5 Å². The maximum atomic E-state index is 5.66. The number of anilines is 3. The van der Waals surface area contributed by atoms with Crippen molar-refractivity contribution in [3.63, 3.8) is 0 Å². The molecule has 2 rings (SSSR count). The summed E-state index contributed by atoms with van der Waals surface area (Å²) < 4.78 is 0. The smallest absolute Gasteiger partial charge is 0.223 e. The predicted molar refractivity (Wildman–Crippen MR) is 61.5 cm³/mol. The number of nitrogens with two attached hydrogens (primary N) is 2. The molecule has 5 heteroatoms. The SMILES string of the molecule is CCC1CCCN1c1cc(N)nc(N)n1. The molecule has 1 aliphatic heterocycles. The van der Waals surface area contributed by atoms with Crippen molar-refractivity contribution in [2.75, 3.05) is 22.9 Å². The lowest BCUT2D eigenvalue weighted by Crippen LogP contribution is -2.29. The van der Waals surface area contributed by atoms with Crippen molar-refractivity contribution in [1.82, 2.24) is 9.97 Å². The van der Waals surface area contributed by atoms with Gasteiger partial charge in [0.05, 0.1) is 0 Å². The van der Waals surface area contributed by atoms with Crippen LogP contribution in [0.1, 0.15) is 26.2 Å². The van der Waals surface area contributed by atoms with Crippen LogP contribution in [-0.4, -0.2) is 22.6 Å². The van der Waals surface area contributed by atoms with Gasteiger partial charge in [-0.1, -0.05) is 6.92 Å². The molecule has 2 heterocycles. The van der Waals surface area contributed by atoms with E-state index in [1.807, 2.05) is 0 Å². The van der Waals surface area contributed by atoms with Crippen LogP contribution in [0.4, 0.5) is 17.6 Å². The second kappa shape index (κ2) is 3.92. The molecule has 1 saturated heterocycles. The number of hydrogen-bond donors (Lipinski definition) is 2. The Morgan fingerprint density at radius 2 is 2.27 bits per heavy atom. The molecule has 1 fully saturated rings. The second-order valence-electron chi connectivity index (χ2n) is 3.91.